The fourth-order valence-electron chi connectivity index (χ4n) is 1.89. The minimum absolute atomic E-state index is 0.0130. The molecule has 0 atom stereocenters. The Morgan fingerprint density at radius 1 is 1.48 bits per heavy atom. The number of aromatic nitrogens is 2. The minimum atomic E-state index is -0.525. The van der Waals surface area contributed by atoms with E-state index in [-0.39, 0.29) is 18.3 Å². The molecule has 1 fully saturated rings. The Labute approximate surface area is 145 Å². The van der Waals surface area contributed by atoms with Gasteiger partial charge >= 0.3 is 5.69 Å². The number of hydrogen-bond donors (Lipinski definition) is 1. The molecular weight excluding hydrogens is 348 g/mol. The maximum Gasteiger partial charge on any atom is 0.307 e. The van der Waals surface area contributed by atoms with Crippen LogP contribution >= 0.6 is 11.8 Å². The second-order valence-corrected chi connectivity index (χ2v) is 5.76. The molecule has 1 aliphatic heterocycles. The van der Waals surface area contributed by atoms with E-state index in [9.17, 15) is 14.9 Å². The predicted octanol–water partition coefficient (Wildman–Crippen LogP) is 1.38. The quantitative estimate of drug-likeness (QED) is 0.471. The molecule has 1 N–H and O–H groups in total. The Bertz CT molecular complexity index is 863. The second kappa shape index (κ2) is 7.57. The van der Waals surface area contributed by atoms with E-state index in [1.165, 1.54) is 28.9 Å². The van der Waals surface area contributed by atoms with Crippen LogP contribution in [-0.2, 0) is 11.5 Å². The summed E-state index contributed by atoms with van der Waals surface area (Å²) in [6.45, 7) is 0.0130. The van der Waals surface area contributed by atoms with Crippen LogP contribution in [0.5, 0.6) is 5.75 Å². The highest BCUT2D eigenvalue weighted by atomic mass is 32.2. The Balaban J connectivity index is 1.66. The van der Waals surface area contributed by atoms with Crippen molar-refractivity contribution in [1.82, 2.24) is 15.1 Å². The van der Waals surface area contributed by atoms with Gasteiger partial charge in [-0.25, -0.2) is 4.68 Å². The van der Waals surface area contributed by atoms with E-state index < -0.39 is 4.92 Å². The molecule has 1 aromatic heterocycles. The van der Waals surface area contributed by atoms with Crippen LogP contribution in [0, 0.1) is 10.1 Å². The molecule has 1 aliphatic rings. The zero-order chi connectivity index (χ0) is 17.6. The third kappa shape index (κ3) is 4.41. The van der Waals surface area contributed by atoms with Crippen molar-refractivity contribution >= 4 is 34.7 Å². The lowest BCUT2D eigenvalue weighted by Crippen LogP contribution is -2.19. The molecule has 0 saturated carbocycles. The summed E-state index contributed by atoms with van der Waals surface area (Å²) < 4.78 is 6.94. The Hall–Kier alpha value is -3.21. The van der Waals surface area contributed by atoms with Gasteiger partial charge in [0.1, 0.15) is 18.1 Å². The SMILES string of the molecule is O=C1CSC(=NN=Cc2ccccc2OCn2cc([N+](=O)[O-])cn2)N1. The highest BCUT2D eigenvalue weighted by molar-refractivity contribution is 8.15. The van der Waals surface area contributed by atoms with Gasteiger partial charge in [0.25, 0.3) is 0 Å². The summed E-state index contributed by atoms with van der Waals surface area (Å²) in [5, 5.41) is 25.4. The number of ether oxygens (including phenoxy) is 1. The van der Waals surface area contributed by atoms with Crippen LogP contribution in [-0.4, -0.2) is 37.7 Å². The largest absolute Gasteiger partial charge is 0.471 e. The summed E-state index contributed by atoms with van der Waals surface area (Å²) in [6, 6.07) is 7.12. The molecule has 11 heteroatoms. The van der Waals surface area contributed by atoms with Gasteiger partial charge in [-0.2, -0.15) is 10.2 Å². The monoisotopic (exact) mass is 360 g/mol. The number of thioether (sulfide) groups is 1. The van der Waals surface area contributed by atoms with E-state index in [0.29, 0.717) is 22.2 Å². The number of amidine groups is 1. The minimum Gasteiger partial charge on any atom is -0.471 e. The summed E-state index contributed by atoms with van der Waals surface area (Å²) in [5.74, 6) is 0.757. The first-order chi connectivity index (χ1) is 12.1. The van der Waals surface area contributed by atoms with Crippen molar-refractivity contribution in [1.29, 1.82) is 0 Å². The average molecular weight is 360 g/mol. The van der Waals surface area contributed by atoms with Gasteiger partial charge in [0.2, 0.25) is 5.91 Å². The van der Waals surface area contributed by atoms with Crippen molar-refractivity contribution < 1.29 is 14.5 Å². The first-order valence-corrected chi connectivity index (χ1v) is 8.03. The standard InChI is InChI=1S/C14H12N6O4S/c21-13-8-25-14(17-13)18-15-5-10-3-1-2-4-12(10)24-9-19-7-11(6-16-19)20(22)23/h1-7H,8-9H2,(H,17,18,21). The second-order valence-electron chi connectivity index (χ2n) is 4.79. The summed E-state index contributed by atoms with van der Waals surface area (Å²) in [6.07, 6.45) is 3.93. The lowest BCUT2D eigenvalue weighted by molar-refractivity contribution is -0.385. The average Bonchev–Trinajstić information content (AvgIpc) is 3.23. The Morgan fingerprint density at radius 3 is 3.04 bits per heavy atom. The fraction of sp³-hybridized carbons (Fsp3) is 0.143. The van der Waals surface area contributed by atoms with Gasteiger partial charge in [-0.15, -0.1) is 5.10 Å². The first-order valence-electron chi connectivity index (χ1n) is 7.04. The van der Waals surface area contributed by atoms with E-state index in [1.54, 1.807) is 18.2 Å². The number of para-hydroxylation sites is 1. The van der Waals surface area contributed by atoms with Crippen LogP contribution in [0.25, 0.3) is 0 Å². The van der Waals surface area contributed by atoms with E-state index in [0.717, 1.165) is 6.20 Å². The smallest absolute Gasteiger partial charge is 0.307 e. The molecule has 2 aromatic rings. The van der Waals surface area contributed by atoms with Crippen molar-refractivity contribution in [2.45, 2.75) is 6.73 Å². The van der Waals surface area contributed by atoms with Gasteiger partial charge in [0.15, 0.2) is 11.9 Å². The number of nitro groups is 1. The van der Waals surface area contributed by atoms with E-state index in [4.69, 9.17) is 4.74 Å². The molecule has 3 rings (SSSR count). The zero-order valence-electron chi connectivity index (χ0n) is 12.7. The normalized spacial score (nSPS) is 15.7. The maximum absolute atomic E-state index is 11.1. The molecule has 1 aromatic carbocycles. The third-order valence-corrected chi connectivity index (χ3v) is 3.90. The van der Waals surface area contributed by atoms with Crippen LogP contribution in [0.2, 0.25) is 0 Å². The van der Waals surface area contributed by atoms with Gasteiger partial charge in [0.05, 0.1) is 16.9 Å². The molecule has 0 spiro atoms. The van der Waals surface area contributed by atoms with E-state index in [2.05, 4.69) is 20.6 Å². The molecular formula is C14H12N6O4S. The Kier molecular flexibility index (Phi) is 5.04. The zero-order valence-corrected chi connectivity index (χ0v) is 13.5. The lowest BCUT2D eigenvalue weighted by Gasteiger charge is -2.08. The molecule has 0 radical (unpaired) electrons. The predicted molar refractivity (Wildman–Crippen MR) is 91.6 cm³/mol. The number of hydrogen-bond acceptors (Lipinski definition) is 8. The molecule has 1 saturated heterocycles. The van der Waals surface area contributed by atoms with Crippen LogP contribution in [0.3, 0.4) is 0 Å². The van der Waals surface area contributed by atoms with Gasteiger partial charge < -0.3 is 10.1 Å². The molecule has 1 amide bonds. The van der Waals surface area contributed by atoms with Gasteiger partial charge in [-0.1, -0.05) is 23.9 Å². The lowest BCUT2D eigenvalue weighted by atomic mass is 10.2. The first kappa shape index (κ1) is 16.6. The number of carbonyl (C=O) groups excluding carboxylic acids is 1. The van der Waals surface area contributed by atoms with Crippen LogP contribution in [0.1, 0.15) is 5.56 Å². The van der Waals surface area contributed by atoms with Crippen LogP contribution < -0.4 is 10.1 Å². The summed E-state index contributed by atoms with van der Waals surface area (Å²) in [4.78, 5) is 21.2. The van der Waals surface area contributed by atoms with E-state index in [1.807, 2.05) is 6.07 Å². The number of amides is 1. The Morgan fingerprint density at radius 2 is 2.32 bits per heavy atom. The summed E-state index contributed by atoms with van der Waals surface area (Å²) in [7, 11) is 0. The number of carbonyl (C=O) groups is 1. The van der Waals surface area contributed by atoms with Crippen molar-refractivity contribution in [3.8, 4) is 5.75 Å². The van der Waals surface area contributed by atoms with Crippen molar-refractivity contribution in [2.75, 3.05) is 5.75 Å². The van der Waals surface area contributed by atoms with Crippen molar-refractivity contribution in [3.05, 3.63) is 52.3 Å². The number of nitrogens with one attached hydrogen (secondary N) is 1. The number of nitrogens with zero attached hydrogens (tertiary/aromatic N) is 5. The van der Waals surface area contributed by atoms with Crippen LogP contribution in [0.15, 0.2) is 46.9 Å². The molecule has 2 heterocycles. The van der Waals surface area contributed by atoms with E-state index >= 15 is 0 Å². The molecule has 128 valence electrons. The fourth-order valence-corrected chi connectivity index (χ4v) is 2.53. The summed E-state index contributed by atoms with van der Waals surface area (Å²) in [5.41, 5.74) is 0.563. The molecule has 0 bridgehead atoms. The van der Waals surface area contributed by atoms with Crippen LogP contribution in [0.4, 0.5) is 5.69 Å². The van der Waals surface area contributed by atoms with Gasteiger partial charge in [-0.05, 0) is 12.1 Å². The molecule has 0 unspecified atom stereocenters. The summed E-state index contributed by atoms with van der Waals surface area (Å²) >= 11 is 1.28. The van der Waals surface area contributed by atoms with Crippen molar-refractivity contribution in [2.24, 2.45) is 10.2 Å². The van der Waals surface area contributed by atoms with Crippen molar-refractivity contribution in [3.63, 3.8) is 0 Å². The molecule has 0 aliphatic carbocycles. The van der Waals surface area contributed by atoms with Gasteiger partial charge in [-0.3, -0.25) is 14.9 Å². The highest BCUT2D eigenvalue weighted by Crippen LogP contribution is 2.17. The maximum atomic E-state index is 11.1. The molecule has 10 nitrogen and oxygen atoms in total. The number of benzene rings is 1. The highest BCUT2D eigenvalue weighted by Gasteiger charge is 2.16. The van der Waals surface area contributed by atoms with Gasteiger partial charge in [0, 0.05) is 5.56 Å². The topological polar surface area (TPSA) is 124 Å². The molecule has 25 heavy (non-hydrogen) atoms. The number of rotatable bonds is 6. The third-order valence-electron chi connectivity index (χ3n) is 3.03.